The number of thiophene rings is 1. The van der Waals surface area contributed by atoms with Gasteiger partial charge in [0.2, 0.25) is 10.0 Å². The minimum absolute atomic E-state index is 0.255. The standard InChI is InChI=1S/C22H27N5O2S3/c23-21-20-16-7-3-1-4-8-17(16)31-22(20)26-18(25-21)14-30-19-10-9-15(13-24-19)32(28,29)27-11-5-2-6-12-27/h9-10,13H,1-8,11-12,14H2,(H2,23,25,26). The molecule has 0 amide bonds. The summed E-state index contributed by atoms with van der Waals surface area (Å²) in [7, 11) is -3.46. The van der Waals surface area contributed by atoms with E-state index in [9.17, 15) is 8.42 Å². The molecular weight excluding hydrogens is 462 g/mol. The van der Waals surface area contributed by atoms with Gasteiger partial charge in [0.05, 0.1) is 16.2 Å². The smallest absolute Gasteiger partial charge is 0.244 e. The maximum Gasteiger partial charge on any atom is 0.244 e. The van der Waals surface area contributed by atoms with Crippen molar-refractivity contribution in [2.75, 3.05) is 18.8 Å². The van der Waals surface area contributed by atoms with Gasteiger partial charge in [-0.25, -0.2) is 23.4 Å². The van der Waals surface area contributed by atoms with Gasteiger partial charge in [-0.05, 0) is 56.2 Å². The van der Waals surface area contributed by atoms with Crippen LogP contribution in [0.1, 0.15) is 54.8 Å². The third-order valence-corrected chi connectivity index (χ3v) is 10.2. The molecule has 1 saturated heterocycles. The van der Waals surface area contributed by atoms with Crippen molar-refractivity contribution in [3.05, 3.63) is 34.6 Å². The van der Waals surface area contributed by atoms with E-state index in [4.69, 9.17) is 10.7 Å². The topological polar surface area (TPSA) is 102 Å². The molecule has 1 aliphatic heterocycles. The first-order valence-electron chi connectivity index (χ1n) is 11.2. The molecule has 2 aliphatic rings. The highest BCUT2D eigenvalue weighted by atomic mass is 32.2. The number of piperidine rings is 1. The Kier molecular flexibility index (Phi) is 6.37. The van der Waals surface area contributed by atoms with Crippen LogP contribution in [0.25, 0.3) is 10.2 Å². The molecule has 7 nitrogen and oxygen atoms in total. The molecule has 0 unspecified atom stereocenters. The molecule has 5 rings (SSSR count). The van der Waals surface area contributed by atoms with Crippen molar-refractivity contribution < 1.29 is 8.42 Å². The Morgan fingerprint density at radius 1 is 1.03 bits per heavy atom. The number of nitrogen functional groups attached to an aromatic ring is 1. The Balaban J connectivity index is 1.30. The normalized spacial score (nSPS) is 17.9. The van der Waals surface area contributed by atoms with Crippen LogP contribution in [0.5, 0.6) is 0 Å². The number of hydrogen-bond donors (Lipinski definition) is 1. The minimum atomic E-state index is -3.46. The molecule has 32 heavy (non-hydrogen) atoms. The molecule has 1 aliphatic carbocycles. The average molecular weight is 490 g/mol. The van der Waals surface area contributed by atoms with E-state index in [2.05, 4.69) is 9.97 Å². The summed E-state index contributed by atoms with van der Waals surface area (Å²) >= 11 is 3.24. The summed E-state index contributed by atoms with van der Waals surface area (Å²) in [5, 5.41) is 1.79. The van der Waals surface area contributed by atoms with Crippen LogP contribution in [0.3, 0.4) is 0 Å². The third-order valence-electron chi connectivity index (χ3n) is 6.15. The number of rotatable bonds is 5. The van der Waals surface area contributed by atoms with Crippen LogP contribution < -0.4 is 5.73 Å². The summed E-state index contributed by atoms with van der Waals surface area (Å²) in [6, 6.07) is 3.41. The molecule has 3 aromatic heterocycles. The Bertz CT molecular complexity index is 1220. The van der Waals surface area contributed by atoms with E-state index in [0.717, 1.165) is 47.3 Å². The molecule has 10 heteroatoms. The molecule has 0 atom stereocenters. The molecular formula is C22H27N5O2S3. The third kappa shape index (κ3) is 4.37. The van der Waals surface area contributed by atoms with Gasteiger partial charge in [0.25, 0.3) is 0 Å². The zero-order valence-electron chi connectivity index (χ0n) is 17.9. The lowest BCUT2D eigenvalue weighted by atomic mass is 10.1. The maximum atomic E-state index is 12.8. The van der Waals surface area contributed by atoms with Gasteiger partial charge in [0.1, 0.15) is 21.4 Å². The average Bonchev–Trinajstić information content (AvgIpc) is 3.00. The Morgan fingerprint density at radius 3 is 2.59 bits per heavy atom. The zero-order valence-corrected chi connectivity index (χ0v) is 20.4. The van der Waals surface area contributed by atoms with Crippen molar-refractivity contribution in [1.82, 2.24) is 19.3 Å². The van der Waals surface area contributed by atoms with Crippen LogP contribution in [0, 0.1) is 0 Å². The van der Waals surface area contributed by atoms with E-state index < -0.39 is 10.0 Å². The fourth-order valence-electron chi connectivity index (χ4n) is 4.47. The van der Waals surface area contributed by atoms with Gasteiger partial charge < -0.3 is 5.73 Å². The molecule has 3 aromatic rings. The maximum absolute atomic E-state index is 12.8. The monoisotopic (exact) mass is 489 g/mol. The van der Waals surface area contributed by atoms with E-state index in [1.807, 2.05) is 0 Å². The minimum Gasteiger partial charge on any atom is -0.383 e. The fraction of sp³-hybridized carbons (Fsp3) is 0.500. The quantitative estimate of drug-likeness (QED) is 0.418. The first-order chi connectivity index (χ1) is 15.5. The van der Waals surface area contributed by atoms with Gasteiger partial charge in [-0.2, -0.15) is 4.31 Å². The van der Waals surface area contributed by atoms with E-state index in [1.54, 1.807) is 27.8 Å². The van der Waals surface area contributed by atoms with Crippen molar-refractivity contribution >= 4 is 49.2 Å². The molecule has 0 aromatic carbocycles. The number of nitrogens with two attached hydrogens (primary N) is 1. The highest BCUT2D eigenvalue weighted by molar-refractivity contribution is 7.98. The predicted molar refractivity (Wildman–Crippen MR) is 129 cm³/mol. The van der Waals surface area contributed by atoms with Crippen LogP contribution in [0.4, 0.5) is 5.82 Å². The molecule has 2 N–H and O–H groups in total. The van der Waals surface area contributed by atoms with Crippen molar-refractivity contribution in [2.24, 2.45) is 0 Å². The molecule has 4 heterocycles. The molecule has 0 bridgehead atoms. The second kappa shape index (κ2) is 9.24. The number of fused-ring (bicyclic) bond motifs is 3. The summed E-state index contributed by atoms with van der Waals surface area (Å²) in [6.45, 7) is 1.18. The van der Waals surface area contributed by atoms with Crippen molar-refractivity contribution in [2.45, 2.75) is 67.0 Å². The number of aromatic nitrogens is 3. The van der Waals surface area contributed by atoms with E-state index in [0.29, 0.717) is 30.5 Å². The summed E-state index contributed by atoms with van der Waals surface area (Å²) in [4.78, 5) is 16.4. The first-order valence-corrected chi connectivity index (χ1v) is 14.4. The van der Waals surface area contributed by atoms with Gasteiger partial charge in [0.15, 0.2) is 0 Å². The summed E-state index contributed by atoms with van der Waals surface area (Å²) < 4.78 is 27.1. The van der Waals surface area contributed by atoms with Gasteiger partial charge in [-0.1, -0.05) is 24.6 Å². The Hall–Kier alpha value is -1.75. The SMILES string of the molecule is Nc1nc(CSc2ccc(S(=O)(=O)N3CCCCC3)cn2)nc2sc3c(c12)CCCCC3. The van der Waals surface area contributed by atoms with Crippen molar-refractivity contribution in [1.29, 1.82) is 0 Å². The molecule has 0 saturated carbocycles. The number of anilines is 1. The second-order valence-corrected chi connectivity index (χ2v) is 12.4. The van der Waals surface area contributed by atoms with Crippen LogP contribution in [0.2, 0.25) is 0 Å². The highest BCUT2D eigenvalue weighted by Gasteiger charge is 2.26. The second-order valence-electron chi connectivity index (χ2n) is 8.36. The molecule has 0 spiro atoms. The number of pyridine rings is 1. The first kappa shape index (κ1) is 22.1. The van der Waals surface area contributed by atoms with Gasteiger partial charge in [-0.3, -0.25) is 0 Å². The van der Waals surface area contributed by atoms with E-state index >= 15 is 0 Å². The Morgan fingerprint density at radius 2 is 1.81 bits per heavy atom. The van der Waals surface area contributed by atoms with Crippen molar-refractivity contribution in [3.8, 4) is 0 Å². The number of thioether (sulfide) groups is 1. The number of aryl methyl sites for hydroxylation is 2. The van der Waals surface area contributed by atoms with Crippen LogP contribution >= 0.6 is 23.1 Å². The molecule has 0 radical (unpaired) electrons. The zero-order chi connectivity index (χ0) is 22.1. The number of nitrogens with zero attached hydrogens (tertiary/aromatic N) is 4. The van der Waals surface area contributed by atoms with Gasteiger partial charge in [0, 0.05) is 24.2 Å². The van der Waals surface area contributed by atoms with Crippen LogP contribution in [-0.2, 0) is 28.6 Å². The van der Waals surface area contributed by atoms with Crippen molar-refractivity contribution in [3.63, 3.8) is 0 Å². The number of sulfonamides is 1. The van der Waals surface area contributed by atoms with E-state index in [1.165, 1.54) is 47.7 Å². The lowest BCUT2D eigenvalue weighted by molar-refractivity contribution is 0.346. The largest absolute Gasteiger partial charge is 0.383 e. The Labute approximate surface area is 196 Å². The fourth-order valence-corrected chi connectivity index (χ4v) is 7.92. The lowest BCUT2D eigenvalue weighted by Crippen LogP contribution is -2.35. The summed E-state index contributed by atoms with van der Waals surface area (Å²) in [5.74, 6) is 1.79. The highest BCUT2D eigenvalue weighted by Crippen LogP contribution is 2.37. The summed E-state index contributed by atoms with van der Waals surface area (Å²) in [6.07, 6.45) is 10.2. The number of hydrogen-bond acceptors (Lipinski definition) is 8. The summed E-state index contributed by atoms with van der Waals surface area (Å²) in [5.41, 5.74) is 7.70. The van der Waals surface area contributed by atoms with Gasteiger partial charge in [-0.15, -0.1) is 11.3 Å². The predicted octanol–water partition coefficient (Wildman–Crippen LogP) is 4.40. The molecule has 170 valence electrons. The lowest BCUT2D eigenvalue weighted by Gasteiger charge is -2.25. The van der Waals surface area contributed by atoms with Crippen LogP contribution in [0.15, 0.2) is 28.3 Å². The van der Waals surface area contributed by atoms with E-state index in [-0.39, 0.29) is 4.90 Å². The molecule has 1 fully saturated rings. The van der Waals surface area contributed by atoms with Gasteiger partial charge >= 0.3 is 0 Å². The van der Waals surface area contributed by atoms with Crippen LogP contribution in [-0.4, -0.2) is 40.8 Å².